The molecule has 1 rings (SSSR count). The van der Waals surface area contributed by atoms with Gasteiger partial charge in [0.2, 0.25) is 0 Å². The molecule has 19 heavy (non-hydrogen) atoms. The topological polar surface area (TPSA) is 80.7 Å². The molecule has 0 spiro atoms. The van der Waals surface area contributed by atoms with Crippen LogP contribution >= 0.6 is 0 Å². The fourth-order valence-electron chi connectivity index (χ4n) is 1.44. The Morgan fingerprint density at radius 1 is 1.32 bits per heavy atom. The molecule has 0 aliphatic rings. The highest BCUT2D eigenvalue weighted by atomic mass is 32.2. The zero-order valence-electron chi connectivity index (χ0n) is 10.00. The molecule has 0 fully saturated rings. The lowest BCUT2D eigenvalue weighted by atomic mass is 9.77. The lowest BCUT2D eigenvalue weighted by Gasteiger charge is -2.12. The van der Waals surface area contributed by atoms with Crippen LogP contribution in [0.4, 0.5) is 0 Å². The number of esters is 1. The van der Waals surface area contributed by atoms with Crippen LogP contribution in [0.1, 0.15) is 15.9 Å². The summed E-state index contributed by atoms with van der Waals surface area (Å²) in [5.41, 5.74) is 0.960. The van der Waals surface area contributed by atoms with Crippen LogP contribution in [-0.4, -0.2) is 54.8 Å². The maximum absolute atomic E-state index is 11.7. The van der Waals surface area contributed by atoms with Crippen LogP contribution in [0.5, 0.6) is 0 Å². The molecule has 0 atom stereocenters. The Balaban J connectivity index is 2.88. The molecule has 0 saturated heterocycles. The molecule has 0 heterocycles. The Labute approximate surface area is 115 Å². The average molecular weight is 274 g/mol. The van der Waals surface area contributed by atoms with Crippen molar-refractivity contribution in [2.45, 2.75) is 6.32 Å². The van der Waals surface area contributed by atoms with Gasteiger partial charge < -0.3 is 4.74 Å². The molecule has 0 aliphatic heterocycles. The van der Waals surface area contributed by atoms with Gasteiger partial charge in [-0.2, -0.15) is 8.42 Å². The second kappa shape index (κ2) is 6.30. The van der Waals surface area contributed by atoms with Gasteiger partial charge in [0.05, 0.1) is 13.4 Å². The van der Waals surface area contributed by atoms with E-state index >= 15 is 0 Å². The van der Waals surface area contributed by atoms with Crippen LogP contribution in [0.3, 0.4) is 0 Å². The lowest BCUT2D eigenvalue weighted by molar-refractivity contribution is 0.0527. The molecule has 5 nitrogen and oxygen atoms in total. The molecule has 0 saturated carbocycles. The van der Waals surface area contributed by atoms with E-state index < -0.39 is 28.4 Å². The van der Waals surface area contributed by atoms with E-state index in [0.29, 0.717) is 5.56 Å². The largest absolute Gasteiger partial charge is 0.461 e. The summed E-state index contributed by atoms with van der Waals surface area (Å²) < 4.78 is 34.2. The van der Waals surface area contributed by atoms with Crippen molar-refractivity contribution in [1.82, 2.24) is 0 Å². The molecule has 1 aromatic rings. The summed E-state index contributed by atoms with van der Waals surface area (Å²) in [6.45, 7) is -0.476. The molecular weight excluding hydrogens is 265 g/mol. The fraction of sp³-hybridized carbons (Fsp3) is 0.300. The highest BCUT2D eigenvalue weighted by Gasteiger charge is 2.15. The smallest absolute Gasteiger partial charge is 0.338 e. The number of carbonyl (C=O) groups is 1. The minimum absolute atomic E-state index is 0.00878. The molecule has 1 N–H and O–H groups in total. The van der Waals surface area contributed by atoms with E-state index in [4.69, 9.17) is 32.8 Å². The maximum Gasteiger partial charge on any atom is 0.338 e. The second-order valence-corrected chi connectivity index (χ2v) is 5.33. The standard InChI is InChI=1S/C10H9B3O5S/c11-5-8-7(3-6(12)4-9(8)13)10(14)18-1-2-19(15,16)17/h3-4H,1-2,5H2,(H,15,16,17). The lowest BCUT2D eigenvalue weighted by Crippen LogP contribution is -2.25. The van der Waals surface area contributed by atoms with E-state index in [-0.39, 0.29) is 22.8 Å². The van der Waals surface area contributed by atoms with Gasteiger partial charge in [-0.05, 0) is 5.56 Å². The van der Waals surface area contributed by atoms with Crippen LogP contribution in [0, 0.1) is 0 Å². The summed E-state index contributed by atoms with van der Waals surface area (Å²) in [6, 6.07) is 2.80. The van der Waals surface area contributed by atoms with Crippen LogP contribution in [-0.2, 0) is 21.2 Å². The first kappa shape index (κ1) is 15.9. The first-order valence-electron chi connectivity index (χ1n) is 5.25. The predicted molar refractivity (Wildman–Crippen MR) is 73.4 cm³/mol. The molecule has 0 aliphatic carbocycles. The zero-order chi connectivity index (χ0) is 14.6. The molecule has 0 bridgehead atoms. The van der Waals surface area contributed by atoms with Crippen molar-refractivity contribution >= 4 is 50.6 Å². The van der Waals surface area contributed by atoms with Gasteiger partial charge in [0.1, 0.15) is 28.1 Å². The Bertz CT molecular complexity index is 585. The Morgan fingerprint density at radius 2 is 1.95 bits per heavy atom. The van der Waals surface area contributed by atoms with E-state index in [1.54, 1.807) is 0 Å². The van der Waals surface area contributed by atoms with E-state index in [2.05, 4.69) is 0 Å². The molecule has 94 valence electrons. The van der Waals surface area contributed by atoms with Gasteiger partial charge in [-0.3, -0.25) is 4.55 Å². The van der Waals surface area contributed by atoms with Crippen molar-refractivity contribution in [2.75, 3.05) is 12.4 Å². The van der Waals surface area contributed by atoms with E-state index in [1.165, 1.54) is 12.1 Å². The Morgan fingerprint density at radius 3 is 2.47 bits per heavy atom. The molecule has 9 heteroatoms. The van der Waals surface area contributed by atoms with Gasteiger partial charge >= 0.3 is 5.97 Å². The van der Waals surface area contributed by atoms with Gasteiger partial charge in [-0.25, -0.2) is 4.79 Å². The van der Waals surface area contributed by atoms with Crippen molar-refractivity contribution in [3.8, 4) is 0 Å². The number of hydrogen-bond acceptors (Lipinski definition) is 4. The van der Waals surface area contributed by atoms with Crippen LogP contribution in [0.25, 0.3) is 0 Å². The first-order valence-corrected chi connectivity index (χ1v) is 6.85. The zero-order valence-corrected chi connectivity index (χ0v) is 10.8. The summed E-state index contributed by atoms with van der Waals surface area (Å²) in [5, 5.41) is 0. The van der Waals surface area contributed by atoms with E-state index in [1.807, 2.05) is 0 Å². The first-order chi connectivity index (χ1) is 8.74. The SMILES string of the molecule is [B]Cc1c([B])cc([B])cc1C(=O)OCCS(=O)(=O)O. The molecule has 0 unspecified atom stereocenters. The number of benzene rings is 1. The maximum atomic E-state index is 11.7. The Hall–Kier alpha value is -1.21. The van der Waals surface area contributed by atoms with Crippen molar-refractivity contribution in [3.63, 3.8) is 0 Å². The number of hydrogen-bond donors (Lipinski definition) is 1. The minimum atomic E-state index is -4.19. The van der Waals surface area contributed by atoms with Crippen molar-refractivity contribution in [2.24, 2.45) is 0 Å². The summed E-state index contributed by atoms with van der Waals surface area (Å²) in [4.78, 5) is 11.7. The van der Waals surface area contributed by atoms with Gasteiger partial charge in [0, 0.05) is 0 Å². The number of carbonyl (C=O) groups excluding carboxylic acids is 1. The fourth-order valence-corrected chi connectivity index (χ4v) is 1.74. The number of rotatable bonds is 5. The predicted octanol–water partition coefficient (Wildman–Crippen LogP) is -2.01. The average Bonchev–Trinajstić information content (AvgIpc) is 2.26. The highest BCUT2D eigenvalue weighted by molar-refractivity contribution is 7.85. The summed E-state index contributed by atoms with van der Waals surface area (Å²) in [6.07, 6.45) is 0.00878. The summed E-state index contributed by atoms with van der Waals surface area (Å²) in [7, 11) is 12.5. The molecule has 1 aromatic carbocycles. The van der Waals surface area contributed by atoms with Gasteiger partial charge in [-0.15, -0.1) is 0 Å². The van der Waals surface area contributed by atoms with Crippen LogP contribution < -0.4 is 10.9 Å². The van der Waals surface area contributed by atoms with Crippen molar-refractivity contribution in [3.05, 3.63) is 23.3 Å². The van der Waals surface area contributed by atoms with E-state index in [9.17, 15) is 13.2 Å². The molecular formula is C10H9B3O5S. The van der Waals surface area contributed by atoms with Gasteiger partial charge in [0.25, 0.3) is 10.1 Å². The summed E-state index contributed by atoms with van der Waals surface area (Å²) >= 11 is 0. The van der Waals surface area contributed by atoms with Crippen molar-refractivity contribution < 1.29 is 22.5 Å². The summed E-state index contributed by atoms with van der Waals surface area (Å²) in [5.74, 6) is -1.49. The van der Waals surface area contributed by atoms with Gasteiger partial charge in [0.15, 0.2) is 0 Å². The highest BCUT2D eigenvalue weighted by Crippen LogP contribution is 2.07. The third-order valence-electron chi connectivity index (χ3n) is 2.31. The molecule has 0 aromatic heterocycles. The molecule has 6 radical (unpaired) electrons. The quantitative estimate of drug-likeness (QED) is 0.381. The molecule has 0 amide bonds. The minimum Gasteiger partial charge on any atom is -0.461 e. The van der Waals surface area contributed by atoms with Crippen LogP contribution in [0.2, 0.25) is 0 Å². The third-order valence-corrected chi connectivity index (χ3v) is 2.99. The van der Waals surface area contributed by atoms with Gasteiger partial charge in [-0.1, -0.05) is 29.4 Å². The van der Waals surface area contributed by atoms with Crippen LogP contribution in [0.15, 0.2) is 12.1 Å². The Kier molecular flexibility index (Phi) is 5.25. The normalized spacial score (nSPS) is 11.2. The second-order valence-electron chi connectivity index (χ2n) is 3.76. The monoisotopic (exact) mass is 274 g/mol. The van der Waals surface area contributed by atoms with E-state index in [0.717, 1.165) is 0 Å². The number of ether oxygens (including phenoxy) is 1. The third kappa shape index (κ3) is 4.76. The van der Waals surface area contributed by atoms with Crippen molar-refractivity contribution in [1.29, 1.82) is 0 Å².